The molecule has 3 unspecified atom stereocenters. The van der Waals surface area contributed by atoms with Crippen molar-refractivity contribution < 1.29 is 43.0 Å². The third-order valence-electron chi connectivity index (χ3n) is 7.54. The van der Waals surface area contributed by atoms with E-state index in [4.69, 9.17) is 23.6 Å². The quantitative estimate of drug-likeness (QED) is 0.0361. The van der Waals surface area contributed by atoms with E-state index in [1.807, 2.05) is 0 Å². The van der Waals surface area contributed by atoms with Crippen molar-refractivity contribution in [3.05, 3.63) is 0 Å². The number of phosphoric acid groups is 1. The Morgan fingerprint density at radius 1 is 0.628 bits per heavy atom. The van der Waals surface area contributed by atoms with Crippen LogP contribution in [0.2, 0.25) is 0 Å². The monoisotopic (exact) mass is 638 g/mol. The highest BCUT2D eigenvalue weighted by Gasteiger charge is 2.26. The standard InChI is InChI=1S/C33H67O9P/c1-3-5-7-9-11-13-14-15-16-17-18-19-21-23-25-33(36)42-32(30-41-43(37,38)40-28-31(35)27-34)29-39-26-24-22-20-12-10-8-6-4-2/h31-32,34-35H,3-30H2,1-2H3,(H,37,38). The van der Waals surface area contributed by atoms with Gasteiger partial charge in [0.1, 0.15) is 12.2 Å². The Kier molecular flexibility index (Phi) is 31.0. The minimum Gasteiger partial charge on any atom is -0.457 e. The van der Waals surface area contributed by atoms with Gasteiger partial charge in [0.15, 0.2) is 0 Å². The highest BCUT2D eigenvalue weighted by molar-refractivity contribution is 7.47. The van der Waals surface area contributed by atoms with E-state index in [1.165, 1.54) is 109 Å². The van der Waals surface area contributed by atoms with Crippen LogP contribution in [0.1, 0.15) is 162 Å². The molecule has 0 radical (unpaired) electrons. The zero-order valence-electron chi connectivity index (χ0n) is 27.7. The van der Waals surface area contributed by atoms with Gasteiger partial charge in [-0.1, -0.05) is 142 Å². The summed E-state index contributed by atoms with van der Waals surface area (Å²) in [5, 5.41) is 18.2. The van der Waals surface area contributed by atoms with Crippen molar-refractivity contribution in [1.82, 2.24) is 0 Å². The minimum atomic E-state index is -4.49. The first kappa shape index (κ1) is 42.5. The van der Waals surface area contributed by atoms with E-state index in [2.05, 4.69) is 13.8 Å². The van der Waals surface area contributed by atoms with E-state index >= 15 is 0 Å². The van der Waals surface area contributed by atoms with Gasteiger partial charge in [0, 0.05) is 13.0 Å². The molecule has 0 spiro atoms. The highest BCUT2D eigenvalue weighted by Crippen LogP contribution is 2.43. The number of ether oxygens (including phenoxy) is 2. The maximum absolute atomic E-state index is 12.5. The number of hydrogen-bond acceptors (Lipinski definition) is 8. The number of phosphoric ester groups is 1. The highest BCUT2D eigenvalue weighted by atomic mass is 31.2. The van der Waals surface area contributed by atoms with Crippen molar-refractivity contribution in [2.24, 2.45) is 0 Å². The summed E-state index contributed by atoms with van der Waals surface area (Å²) in [4.78, 5) is 22.3. The number of aliphatic hydroxyl groups is 2. The Bertz CT molecular complexity index is 650. The van der Waals surface area contributed by atoms with Gasteiger partial charge >= 0.3 is 13.8 Å². The zero-order valence-corrected chi connectivity index (χ0v) is 28.6. The average Bonchev–Trinajstić information content (AvgIpc) is 2.99. The molecule has 0 amide bonds. The van der Waals surface area contributed by atoms with E-state index in [0.717, 1.165) is 32.1 Å². The maximum Gasteiger partial charge on any atom is 0.472 e. The van der Waals surface area contributed by atoms with Crippen molar-refractivity contribution in [3.63, 3.8) is 0 Å². The van der Waals surface area contributed by atoms with Crippen LogP contribution in [0, 0.1) is 0 Å². The third-order valence-corrected chi connectivity index (χ3v) is 8.49. The van der Waals surface area contributed by atoms with Gasteiger partial charge < -0.3 is 24.6 Å². The second-order valence-electron chi connectivity index (χ2n) is 11.9. The number of carbonyl (C=O) groups is 1. The van der Waals surface area contributed by atoms with Crippen LogP contribution in [-0.2, 0) is 27.9 Å². The fraction of sp³-hybridized carbons (Fsp3) is 0.970. The molecule has 43 heavy (non-hydrogen) atoms. The zero-order chi connectivity index (χ0) is 31.9. The van der Waals surface area contributed by atoms with Crippen molar-refractivity contribution in [1.29, 1.82) is 0 Å². The van der Waals surface area contributed by atoms with E-state index in [1.54, 1.807) is 0 Å². The van der Waals surface area contributed by atoms with Crippen LogP contribution in [0.5, 0.6) is 0 Å². The van der Waals surface area contributed by atoms with Gasteiger partial charge in [-0.05, 0) is 12.8 Å². The number of carbonyl (C=O) groups excluding carboxylic acids is 1. The summed E-state index contributed by atoms with van der Waals surface area (Å²) < 4.78 is 33.0. The fourth-order valence-corrected chi connectivity index (χ4v) is 5.61. The average molecular weight is 639 g/mol. The first-order chi connectivity index (χ1) is 20.8. The molecule has 10 heteroatoms. The Morgan fingerprint density at radius 2 is 1.05 bits per heavy atom. The van der Waals surface area contributed by atoms with E-state index in [-0.39, 0.29) is 25.6 Å². The molecule has 0 aliphatic rings. The van der Waals surface area contributed by atoms with Gasteiger partial charge in [-0.15, -0.1) is 0 Å². The van der Waals surface area contributed by atoms with E-state index in [0.29, 0.717) is 6.61 Å². The van der Waals surface area contributed by atoms with Crippen LogP contribution >= 0.6 is 7.82 Å². The van der Waals surface area contributed by atoms with E-state index < -0.39 is 33.2 Å². The largest absolute Gasteiger partial charge is 0.472 e. The summed E-state index contributed by atoms with van der Waals surface area (Å²) in [6.07, 6.45) is 24.9. The molecule has 0 saturated heterocycles. The van der Waals surface area contributed by atoms with Gasteiger partial charge in [-0.2, -0.15) is 0 Å². The predicted molar refractivity (Wildman–Crippen MR) is 173 cm³/mol. The summed E-state index contributed by atoms with van der Waals surface area (Å²) in [5.74, 6) is -0.382. The van der Waals surface area contributed by atoms with Crippen LogP contribution < -0.4 is 0 Å². The molecule has 258 valence electrons. The Morgan fingerprint density at radius 3 is 1.51 bits per heavy atom. The molecule has 3 atom stereocenters. The molecule has 0 aliphatic heterocycles. The number of unbranched alkanes of at least 4 members (excludes halogenated alkanes) is 20. The van der Waals surface area contributed by atoms with Crippen LogP contribution in [0.25, 0.3) is 0 Å². The summed E-state index contributed by atoms with van der Waals surface area (Å²) >= 11 is 0. The second kappa shape index (κ2) is 31.4. The van der Waals surface area contributed by atoms with Gasteiger partial charge in [-0.25, -0.2) is 4.57 Å². The summed E-state index contributed by atoms with van der Waals surface area (Å²) in [6, 6.07) is 0. The number of rotatable bonds is 34. The molecule has 0 aromatic rings. The van der Waals surface area contributed by atoms with Gasteiger partial charge in [0.05, 0.1) is 26.4 Å². The lowest BCUT2D eigenvalue weighted by atomic mass is 10.0. The maximum atomic E-state index is 12.5. The summed E-state index contributed by atoms with van der Waals surface area (Å²) in [5.41, 5.74) is 0. The first-order valence-corrected chi connectivity index (χ1v) is 19.0. The van der Waals surface area contributed by atoms with Gasteiger partial charge in [0.2, 0.25) is 0 Å². The normalized spacial score (nSPS) is 14.4. The Balaban J connectivity index is 4.20. The van der Waals surface area contributed by atoms with Crippen LogP contribution in [0.15, 0.2) is 0 Å². The van der Waals surface area contributed by atoms with Crippen molar-refractivity contribution >= 4 is 13.8 Å². The number of hydrogen-bond donors (Lipinski definition) is 3. The van der Waals surface area contributed by atoms with Crippen molar-refractivity contribution in [2.75, 3.05) is 33.0 Å². The Labute approximate surface area is 263 Å². The summed E-state index contributed by atoms with van der Waals surface area (Å²) in [7, 11) is -4.49. The molecule has 0 heterocycles. The lowest BCUT2D eigenvalue weighted by Crippen LogP contribution is -2.29. The van der Waals surface area contributed by atoms with Gasteiger partial charge in [-0.3, -0.25) is 13.8 Å². The SMILES string of the molecule is CCCCCCCCCCCCCCCCC(=O)OC(COCCCCCCCCCC)COP(=O)(O)OCC(O)CO. The molecule has 0 aromatic carbocycles. The molecule has 0 rings (SSSR count). The lowest BCUT2D eigenvalue weighted by Gasteiger charge is -2.20. The van der Waals surface area contributed by atoms with Crippen molar-refractivity contribution in [3.8, 4) is 0 Å². The predicted octanol–water partition coefficient (Wildman–Crippen LogP) is 8.41. The molecule has 0 saturated carbocycles. The number of esters is 1. The van der Waals surface area contributed by atoms with Gasteiger partial charge in [0.25, 0.3) is 0 Å². The molecule has 0 aliphatic carbocycles. The minimum absolute atomic E-state index is 0.0558. The lowest BCUT2D eigenvalue weighted by molar-refractivity contribution is -0.154. The molecule has 0 fully saturated rings. The van der Waals surface area contributed by atoms with Crippen LogP contribution in [0.3, 0.4) is 0 Å². The fourth-order valence-electron chi connectivity index (χ4n) is 4.83. The van der Waals surface area contributed by atoms with Crippen molar-refractivity contribution in [2.45, 2.75) is 174 Å². The smallest absolute Gasteiger partial charge is 0.457 e. The third kappa shape index (κ3) is 31.2. The second-order valence-corrected chi connectivity index (χ2v) is 13.4. The topological polar surface area (TPSA) is 132 Å². The Hall–Kier alpha value is -0.540. The molecular weight excluding hydrogens is 571 g/mol. The molecule has 3 N–H and O–H groups in total. The van der Waals surface area contributed by atoms with Crippen LogP contribution in [0.4, 0.5) is 0 Å². The van der Waals surface area contributed by atoms with Crippen LogP contribution in [-0.4, -0.2) is 66.3 Å². The number of aliphatic hydroxyl groups excluding tert-OH is 2. The van der Waals surface area contributed by atoms with E-state index in [9.17, 15) is 19.4 Å². The first-order valence-electron chi connectivity index (χ1n) is 17.5. The molecule has 0 bridgehead atoms. The molecule has 9 nitrogen and oxygen atoms in total. The molecule has 0 aromatic heterocycles. The molecular formula is C33H67O9P. The summed E-state index contributed by atoms with van der Waals surface area (Å²) in [6.45, 7) is 3.50.